The largest absolute Gasteiger partial charge is 0.346 e. The molecule has 2 saturated carbocycles. The van der Waals surface area contributed by atoms with E-state index in [0.717, 1.165) is 25.3 Å². The van der Waals surface area contributed by atoms with Gasteiger partial charge in [0.25, 0.3) is 0 Å². The van der Waals surface area contributed by atoms with Gasteiger partial charge < -0.3 is 10.6 Å². The fraction of sp³-hybridized carbons (Fsp3) is 0.938. The van der Waals surface area contributed by atoms with Gasteiger partial charge in [0.15, 0.2) is 0 Å². The molecular weight excluding hydrogens is 236 g/mol. The zero-order chi connectivity index (χ0) is 13.7. The van der Waals surface area contributed by atoms with Crippen LogP contribution in [0.15, 0.2) is 0 Å². The fourth-order valence-corrected chi connectivity index (χ4v) is 3.89. The van der Waals surface area contributed by atoms with Crippen LogP contribution in [0.5, 0.6) is 0 Å². The first-order chi connectivity index (χ1) is 9.22. The van der Waals surface area contributed by atoms with E-state index in [1.54, 1.807) is 0 Å². The van der Waals surface area contributed by atoms with Crippen molar-refractivity contribution in [2.24, 2.45) is 23.5 Å². The molecule has 3 nitrogen and oxygen atoms in total. The monoisotopic (exact) mass is 266 g/mol. The standard InChI is InChI=1S/C16H30N2O/c1-18(11-10-13-6-3-2-4-7-13)16(19)15-9-5-8-14(15)12-17/h13-15H,2-12,17H2,1H3/t14-,15-/m1/s1. The molecule has 2 rings (SSSR count). The van der Waals surface area contributed by atoms with Crippen molar-refractivity contribution in [2.75, 3.05) is 20.1 Å². The van der Waals surface area contributed by atoms with Gasteiger partial charge in [0.2, 0.25) is 5.91 Å². The Kier molecular flexibility index (Phi) is 5.68. The first-order valence-corrected chi connectivity index (χ1v) is 8.17. The van der Waals surface area contributed by atoms with Crippen LogP contribution in [-0.4, -0.2) is 30.9 Å². The highest BCUT2D eigenvalue weighted by Gasteiger charge is 2.33. The van der Waals surface area contributed by atoms with Crippen LogP contribution in [0.4, 0.5) is 0 Å². The van der Waals surface area contributed by atoms with Crippen LogP contribution in [0.1, 0.15) is 57.8 Å². The van der Waals surface area contributed by atoms with Gasteiger partial charge in [0.05, 0.1) is 0 Å². The Hall–Kier alpha value is -0.570. The summed E-state index contributed by atoms with van der Waals surface area (Å²) >= 11 is 0. The number of nitrogens with two attached hydrogens (primary N) is 1. The summed E-state index contributed by atoms with van der Waals surface area (Å²) in [6, 6.07) is 0. The second-order valence-corrected chi connectivity index (χ2v) is 6.59. The number of hydrogen-bond acceptors (Lipinski definition) is 2. The third-order valence-electron chi connectivity index (χ3n) is 5.25. The molecule has 110 valence electrons. The first kappa shape index (κ1) is 14.8. The molecule has 2 aliphatic rings. The molecular formula is C16H30N2O. The van der Waals surface area contributed by atoms with Gasteiger partial charge in [0.1, 0.15) is 0 Å². The normalized spacial score (nSPS) is 28.5. The maximum absolute atomic E-state index is 12.5. The van der Waals surface area contributed by atoms with E-state index in [-0.39, 0.29) is 5.92 Å². The van der Waals surface area contributed by atoms with Gasteiger partial charge in [-0.2, -0.15) is 0 Å². The fourth-order valence-electron chi connectivity index (χ4n) is 3.89. The average Bonchev–Trinajstić information content (AvgIpc) is 2.93. The molecule has 1 amide bonds. The van der Waals surface area contributed by atoms with Crippen molar-refractivity contribution >= 4 is 5.91 Å². The van der Waals surface area contributed by atoms with Crippen molar-refractivity contribution in [1.82, 2.24) is 4.90 Å². The molecule has 0 radical (unpaired) electrons. The molecule has 2 aliphatic carbocycles. The lowest BCUT2D eigenvalue weighted by molar-refractivity contribution is -0.135. The molecule has 2 fully saturated rings. The third-order valence-corrected chi connectivity index (χ3v) is 5.25. The van der Waals surface area contributed by atoms with E-state index >= 15 is 0 Å². The number of rotatable bonds is 5. The lowest BCUT2D eigenvalue weighted by Gasteiger charge is -2.27. The van der Waals surface area contributed by atoms with Gasteiger partial charge in [-0.1, -0.05) is 38.5 Å². The van der Waals surface area contributed by atoms with Crippen molar-refractivity contribution in [1.29, 1.82) is 0 Å². The van der Waals surface area contributed by atoms with E-state index in [0.29, 0.717) is 18.4 Å². The van der Waals surface area contributed by atoms with Crippen LogP contribution >= 0.6 is 0 Å². The van der Waals surface area contributed by atoms with Crippen LogP contribution < -0.4 is 5.73 Å². The lowest BCUT2D eigenvalue weighted by Crippen LogP contribution is -2.37. The maximum atomic E-state index is 12.5. The van der Waals surface area contributed by atoms with Gasteiger partial charge in [-0.3, -0.25) is 4.79 Å². The number of nitrogens with zero attached hydrogens (tertiary/aromatic N) is 1. The molecule has 0 unspecified atom stereocenters. The summed E-state index contributed by atoms with van der Waals surface area (Å²) in [5, 5.41) is 0. The van der Waals surface area contributed by atoms with Gasteiger partial charge in [-0.15, -0.1) is 0 Å². The summed E-state index contributed by atoms with van der Waals surface area (Å²) in [4.78, 5) is 14.4. The van der Waals surface area contributed by atoms with Crippen molar-refractivity contribution in [3.63, 3.8) is 0 Å². The van der Waals surface area contributed by atoms with Crippen LogP contribution in [0, 0.1) is 17.8 Å². The summed E-state index contributed by atoms with van der Waals surface area (Å²) in [7, 11) is 1.98. The topological polar surface area (TPSA) is 46.3 Å². The van der Waals surface area contributed by atoms with E-state index in [1.807, 2.05) is 11.9 Å². The second-order valence-electron chi connectivity index (χ2n) is 6.59. The van der Waals surface area contributed by atoms with Gasteiger partial charge in [-0.25, -0.2) is 0 Å². The summed E-state index contributed by atoms with van der Waals surface area (Å²) in [6.07, 6.45) is 11.5. The zero-order valence-corrected chi connectivity index (χ0v) is 12.4. The minimum absolute atomic E-state index is 0.210. The molecule has 0 heterocycles. The highest BCUT2D eigenvalue weighted by atomic mass is 16.2. The minimum atomic E-state index is 0.210. The van der Waals surface area contributed by atoms with Gasteiger partial charge >= 0.3 is 0 Å². The van der Waals surface area contributed by atoms with Crippen LogP contribution in [-0.2, 0) is 4.79 Å². The Balaban J connectivity index is 1.75. The van der Waals surface area contributed by atoms with E-state index in [1.165, 1.54) is 44.9 Å². The summed E-state index contributed by atoms with van der Waals surface area (Å²) < 4.78 is 0. The molecule has 0 aromatic carbocycles. The van der Waals surface area contributed by atoms with E-state index in [2.05, 4.69) is 0 Å². The predicted molar refractivity (Wildman–Crippen MR) is 78.7 cm³/mol. The predicted octanol–water partition coefficient (Wildman–Crippen LogP) is 2.79. The summed E-state index contributed by atoms with van der Waals surface area (Å²) in [5.74, 6) is 1.85. The first-order valence-electron chi connectivity index (χ1n) is 8.17. The van der Waals surface area contributed by atoms with Crippen molar-refractivity contribution in [3.8, 4) is 0 Å². The quantitative estimate of drug-likeness (QED) is 0.831. The van der Waals surface area contributed by atoms with Gasteiger partial charge in [0, 0.05) is 19.5 Å². The van der Waals surface area contributed by atoms with E-state index < -0.39 is 0 Å². The highest BCUT2D eigenvalue weighted by molar-refractivity contribution is 5.79. The molecule has 0 spiro atoms. The SMILES string of the molecule is CN(CCC1CCCCC1)C(=O)[C@@H]1CCC[C@@H]1CN. The molecule has 0 bridgehead atoms. The zero-order valence-electron chi connectivity index (χ0n) is 12.4. The Labute approximate surface area is 117 Å². The van der Waals surface area contributed by atoms with E-state index in [9.17, 15) is 4.79 Å². The Morgan fingerprint density at radius 2 is 1.84 bits per heavy atom. The van der Waals surface area contributed by atoms with Gasteiger partial charge in [-0.05, 0) is 37.6 Å². The average molecular weight is 266 g/mol. The van der Waals surface area contributed by atoms with Crippen LogP contribution in [0.2, 0.25) is 0 Å². The Morgan fingerprint density at radius 3 is 2.53 bits per heavy atom. The lowest BCUT2D eigenvalue weighted by atomic mass is 9.87. The molecule has 0 aromatic rings. The minimum Gasteiger partial charge on any atom is -0.346 e. The summed E-state index contributed by atoms with van der Waals surface area (Å²) in [6.45, 7) is 1.62. The number of amides is 1. The van der Waals surface area contributed by atoms with Crippen molar-refractivity contribution in [2.45, 2.75) is 57.8 Å². The molecule has 0 aromatic heterocycles. The Morgan fingerprint density at radius 1 is 1.11 bits per heavy atom. The third kappa shape index (κ3) is 3.95. The molecule has 2 atom stereocenters. The van der Waals surface area contributed by atoms with Crippen LogP contribution in [0.3, 0.4) is 0 Å². The Bertz CT molecular complexity index is 286. The molecule has 3 heteroatoms. The maximum Gasteiger partial charge on any atom is 0.225 e. The van der Waals surface area contributed by atoms with Crippen molar-refractivity contribution < 1.29 is 4.79 Å². The smallest absolute Gasteiger partial charge is 0.225 e. The molecule has 2 N–H and O–H groups in total. The van der Waals surface area contributed by atoms with E-state index in [4.69, 9.17) is 5.73 Å². The van der Waals surface area contributed by atoms with Crippen molar-refractivity contribution in [3.05, 3.63) is 0 Å². The molecule has 0 aliphatic heterocycles. The second kappa shape index (κ2) is 7.28. The number of carbonyl (C=O) groups excluding carboxylic acids is 1. The number of hydrogen-bond donors (Lipinski definition) is 1. The summed E-state index contributed by atoms with van der Waals surface area (Å²) in [5.41, 5.74) is 5.78. The highest BCUT2D eigenvalue weighted by Crippen LogP contribution is 2.32. The van der Waals surface area contributed by atoms with Crippen LogP contribution in [0.25, 0.3) is 0 Å². The number of carbonyl (C=O) groups is 1. The molecule has 0 saturated heterocycles. The molecule has 19 heavy (non-hydrogen) atoms.